The number of ketones is 1. The Bertz CT molecular complexity index is 999. The molecule has 1 atom stereocenters. The molecule has 170 valence electrons. The summed E-state index contributed by atoms with van der Waals surface area (Å²) in [7, 11) is 0. The van der Waals surface area contributed by atoms with Crippen molar-refractivity contribution in [2.75, 3.05) is 11.9 Å². The van der Waals surface area contributed by atoms with Gasteiger partial charge < -0.3 is 15.4 Å². The predicted octanol–water partition coefficient (Wildman–Crippen LogP) is 3.83. The van der Waals surface area contributed by atoms with Gasteiger partial charge in [-0.05, 0) is 57.2 Å². The highest BCUT2D eigenvalue weighted by atomic mass is 16.5. The molecular formula is C25H30N2O5. The zero-order chi connectivity index (χ0) is 24.1. The lowest BCUT2D eigenvalue weighted by atomic mass is 9.95. The summed E-state index contributed by atoms with van der Waals surface area (Å²) in [6.07, 6.45) is -1.02. The van der Waals surface area contributed by atoms with Gasteiger partial charge in [0.1, 0.15) is 6.54 Å². The smallest absolute Gasteiger partial charge is 0.326 e. The maximum Gasteiger partial charge on any atom is 0.326 e. The van der Waals surface area contributed by atoms with Crippen molar-refractivity contribution in [2.45, 2.75) is 47.6 Å². The van der Waals surface area contributed by atoms with E-state index in [4.69, 9.17) is 4.74 Å². The van der Waals surface area contributed by atoms with Crippen molar-refractivity contribution >= 4 is 29.3 Å². The van der Waals surface area contributed by atoms with Gasteiger partial charge in [-0.1, -0.05) is 38.0 Å². The molecular weight excluding hydrogens is 408 g/mol. The Morgan fingerprint density at radius 2 is 1.47 bits per heavy atom. The van der Waals surface area contributed by atoms with Gasteiger partial charge in [0.2, 0.25) is 11.7 Å². The van der Waals surface area contributed by atoms with E-state index in [1.807, 2.05) is 19.9 Å². The Morgan fingerprint density at radius 1 is 0.906 bits per heavy atom. The Balaban J connectivity index is 1.89. The number of Topliss-reactive ketones (excluding diaryl/α,β-unsaturated/α-hetero) is 1. The second kappa shape index (κ2) is 10.2. The Morgan fingerprint density at radius 3 is 2.00 bits per heavy atom. The number of rotatable bonds is 7. The van der Waals surface area contributed by atoms with Crippen LogP contribution < -0.4 is 10.6 Å². The molecule has 7 nitrogen and oxygen atoms in total. The van der Waals surface area contributed by atoms with Crippen LogP contribution in [-0.2, 0) is 14.3 Å². The SMILES string of the molecule is Cc1cc(C)cc(C(=O)NCC(=O)OC(C)C(=O)c2ccc(NC(=O)C(C)(C)C)cc2)c1. The molecule has 0 aliphatic heterocycles. The Kier molecular flexibility index (Phi) is 7.92. The van der Waals surface area contributed by atoms with E-state index in [1.54, 1.807) is 57.2 Å². The van der Waals surface area contributed by atoms with E-state index in [-0.39, 0.29) is 24.1 Å². The zero-order valence-electron chi connectivity index (χ0n) is 19.4. The van der Waals surface area contributed by atoms with Gasteiger partial charge in [-0.25, -0.2) is 0 Å². The van der Waals surface area contributed by atoms with Gasteiger partial charge in [0.05, 0.1) is 0 Å². The molecule has 7 heteroatoms. The van der Waals surface area contributed by atoms with Gasteiger partial charge in [0.15, 0.2) is 6.10 Å². The van der Waals surface area contributed by atoms with Crippen molar-refractivity contribution in [3.63, 3.8) is 0 Å². The molecule has 2 aromatic rings. The first-order valence-corrected chi connectivity index (χ1v) is 10.4. The first kappa shape index (κ1) is 24.8. The van der Waals surface area contributed by atoms with Crippen LogP contribution in [0.15, 0.2) is 42.5 Å². The van der Waals surface area contributed by atoms with Gasteiger partial charge in [-0.15, -0.1) is 0 Å². The van der Waals surface area contributed by atoms with Gasteiger partial charge in [0.25, 0.3) is 5.91 Å². The summed E-state index contributed by atoms with van der Waals surface area (Å²) >= 11 is 0. The molecule has 0 aliphatic carbocycles. The van der Waals surface area contributed by atoms with Crippen LogP contribution in [0.2, 0.25) is 0 Å². The molecule has 2 rings (SSSR count). The molecule has 0 radical (unpaired) electrons. The van der Waals surface area contributed by atoms with Crippen molar-refractivity contribution in [1.29, 1.82) is 0 Å². The maximum absolute atomic E-state index is 12.6. The lowest BCUT2D eigenvalue weighted by Gasteiger charge is -2.18. The standard InChI is InChI=1S/C25H30N2O5/c1-15-11-16(2)13-19(12-15)23(30)26-14-21(28)32-17(3)22(29)18-7-9-20(10-8-18)27-24(31)25(4,5)6/h7-13,17H,14H2,1-6H3,(H,26,30)(H,27,31). The fourth-order valence-corrected chi connectivity index (χ4v) is 2.92. The van der Waals surface area contributed by atoms with Crippen molar-refractivity contribution in [3.05, 3.63) is 64.7 Å². The van der Waals surface area contributed by atoms with E-state index in [0.717, 1.165) is 11.1 Å². The predicted molar refractivity (Wildman–Crippen MR) is 123 cm³/mol. The van der Waals surface area contributed by atoms with E-state index in [9.17, 15) is 19.2 Å². The summed E-state index contributed by atoms with van der Waals surface area (Å²) in [5, 5.41) is 5.29. The third-order valence-electron chi connectivity index (χ3n) is 4.66. The quantitative estimate of drug-likeness (QED) is 0.505. The summed E-state index contributed by atoms with van der Waals surface area (Å²) in [5.74, 6) is -1.62. The average molecular weight is 439 g/mol. The highest BCUT2D eigenvalue weighted by molar-refractivity contribution is 6.01. The molecule has 0 saturated heterocycles. The summed E-state index contributed by atoms with van der Waals surface area (Å²) in [6, 6.07) is 11.8. The molecule has 0 aliphatic rings. The molecule has 2 amide bonds. The number of esters is 1. The fourth-order valence-electron chi connectivity index (χ4n) is 2.92. The monoisotopic (exact) mass is 438 g/mol. The van der Waals surface area contributed by atoms with Gasteiger partial charge in [-0.3, -0.25) is 19.2 Å². The zero-order valence-corrected chi connectivity index (χ0v) is 19.4. The molecule has 1 unspecified atom stereocenters. The number of hydrogen-bond donors (Lipinski definition) is 2. The second-order valence-corrected chi connectivity index (χ2v) is 8.84. The normalized spacial score (nSPS) is 11.9. The molecule has 0 bridgehead atoms. The number of amides is 2. The number of aryl methyl sites for hydroxylation is 2. The Labute approximate surface area is 188 Å². The van der Waals surface area contributed by atoms with Gasteiger partial charge in [-0.2, -0.15) is 0 Å². The number of hydrogen-bond acceptors (Lipinski definition) is 5. The minimum absolute atomic E-state index is 0.137. The van der Waals surface area contributed by atoms with Gasteiger partial charge >= 0.3 is 5.97 Å². The van der Waals surface area contributed by atoms with Crippen LogP contribution in [0.4, 0.5) is 5.69 Å². The van der Waals surface area contributed by atoms with E-state index in [1.165, 1.54) is 6.92 Å². The fraction of sp³-hybridized carbons (Fsp3) is 0.360. The minimum Gasteiger partial charge on any atom is -0.453 e. The van der Waals surface area contributed by atoms with Crippen molar-refractivity contribution < 1.29 is 23.9 Å². The molecule has 0 spiro atoms. The largest absolute Gasteiger partial charge is 0.453 e. The highest BCUT2D eigenvalue weighted by Gasteiger charge is 2.22. The van der Waals surface area contributed by atoms with Crippen molar-refractivity contribution in [1.82, 2.24) is 5.32 Å². The summed E-state index contributed by atoms with van der Waals surface area (Å²) in [4.78, 5) is 48.9. The lowest BCUT2D eigenvalue weighted by Crippen LogP contribution is -2.34. The summed E-state index contributed by atoms with van der Waals surface area (Å²) in [6.45, 7) is 10.3. The minimum atomic E-state index is -1.02. The second-order valence-electron chi connectivity index (χ2n) is 8.84. The summed E-state index contributed by atoms with van der Waals surface area (Å²) in [5.41, 5.74) is 2.73. The molecule has 32 heavy (non-hydrogen) atoms. The maximum atomic E-state index is 12.6. The molecule has 2 N–H and O–H groups in total. The average Bonchev–Trinajstić information content (AvgIpc) is 2.70. The van der Waals surface area contributed by atoms with Crippen LogP contribution in [-0.4, -0.2) is 36.2 Å². The molecule has 0 aromatic heterocycles. The molecule has 0 fully saturated rings. The number of ether oxygens (including phenoxy) is 1. The first-order chi connectivity index (χ1) is 14.9. The van der Waals surface area contributed by atoms with Crippen LogP contribution in [0.5, 0.6) is 0 Å². The number of carbonyl (C=O) groups is 4. The van der Waals surface area contributed by atoms with Crippen LogP contribution in [0.1, 0.15) is 59.5 Å². The van der Waals surface area contributed by atoms with Crippen LogP contribution in [0.25, 0.3) is 0 Å². The molecule has 0 heterocycles. The number of carbonyl (C=O) groups excluding carboxylic acids is 4. The third-order valence-corrected chi connectivity index (χ3v) is 4.66. The third kappa shape index (κ3) is 7.04. The lowest BCUT2D eigenvalue weighted by molar-refractivity contribution is -0.145. The van der Waals surface area contributed by atoms with E-state index in [0.29, 0.717) is 16.8 Å². The van der Waals surface area contributed by atoms with Crippen LogP contribution >= 0.6 is 0 Å². The van der Waals surface area contributed by atoms with E-state index in [2.05, 4.69) is 10.6 Å². The van der Waals surface area contributed by atoms with Gasteiger partial charge in [0, 0.05) is 22.2 Å². The molecule has 0 saturated carbocycles. The number of anilines is 1. The Hall–Kier alpha value is -3.48. The van der Waals surface area contributed by atoms with E-state index >= 15 is 0 Å². The van der Waals surface area contributed by atoms with Crippen LogP contribution in [0.3, 0.4) is 0 Å². The van der Waals surface area contributed by atoms with Crippen molar-refractivity contribution in [2.24, 2.45) is 5.41 Å². The summed E-state index contributed by atoms with van der Waals surface area (Å²) < 4.78 is 5.17. The number of nitrogens with one attached hydrogen (secondary N) is 2. The molecule has 2 aromatic carbocycles. The van der Waals surface area contributed by atoms with Crippen LogP contribution in [0, 0.1) is 19.3 Å². The topological polar surface area (TPSA) is 102 Å². The number of benzene rings is 2. The first-order valence-electron chi connectivity index (χ1n) is 10.4. The van der Waals surface area contributed by atoms with Crippen molar-refractivity contribution in [3.8, 4) is 0 Å². The van der Waals surface area contributed by atoms with E-state index < -0.39 is 17.5 Å². The highest BCUT2D eigenvalue weighted by Crippen LogP contribution is 2.18.